The molecule has 3 nitrogen and oxygen atoms in total. The third-order valence-electron chi connectivity index (χ3n) is 2.17. The Kier molecular flexibility index (Phi) is 2.49. The molecule has 1 aliphatic heterocycles. The number of nitrogens with one attached hydrogen (secondary N) is 1. The van der Waals surface area contributed by atoms with Gasteiger partial charge in [0.2, 0.25) is 0 Å². The van der Waals surface area contributed by atoms with E-state index in [0.717, 1.165) is 31.6 Å². The lowest BCUT2D eigenvalue weighted by atomic mass is 10.4. The molecule has 0 saturated carbocycles. The summed E-state index contributed by atoms with van der Waals surface area (Å²) in [6.07, 6.45) is 2.27. The first kappa shape index (κ1) is 8.56. The van der Waals surface area contributed by atoms with Crippen molar-refractivity contribution < 1.29 is 4.79 Å². The van der Waals surface area contributed by atoms with Crippen molar-refractivity contribution in [1.82, 2.24) is 4.90 Å². The molecule has 0 aliphatic carbocycles. The van der Waals surface area contributed by atoms with Gasteiger partial charge in [0.1, 0.15) is 0 Å². The van der Waals surface area contributed by atoms with Gasteiger partial charge >= 0.3 is 6.03 Å². The zero-order valence-corrected chi connectivity index (χ0v) is 8.14. The number of thiophene rings is 1. The van der Waals surface area contributed by atoms with Gasteiger partial charge in [0.25, 0.3) is 0 Å². The summed E-state index contributed by atoms with van der Waals surface area (Å²) in [5, 5.41) is 6.76. The van der Waals surface area contributed by atoms with Crippen molar-refractivity contribution in [3.05, 3.63) is 16.8 Å². The molecule has 0 radical (unpaired) electrons. The van der Waals surface area contributed by atoms with Crippen LogP contribution in [0.1, 0.15) is 12.8 Å². The second-order valence-electron chi connectivity index (χ2n) is 3.14. The second-order valence-corrected chi connectivity index (χ2v) is 3.92. The fraction of sp³-hybridized carbons (Fsp3) is 0.444. The molecule has 1 N–H and O–H groups in total. The molecule has 0 aromatic carbocycles. The first-order chi connectivity index (χ1) is 6.36. The molecule has 0 atom stereocenters. The Hall–Kier alpha value is -1.03. The molecule has 70 valence electrons. The largest absolute Gasteiger partial charge is 0.325 e. The number of carbonyl (C=O) groups excluding carboxylic acids is 1. The van der Waals surface area contributed by atoms with E-state index in [2.05, 4.69) is 5.32 Å². The van der Waals surface area contributed by atoms with Crippen molar-refractivity contribution in [2.24, 2.45) is 0 Å². The van der Waals surface area contributed by atoms with E-state index in [1.807, 2.05) is 21.7 Å². The van der Waals surface area contributed by atoms with Crippen LogP contribution >= 0.6 is 11.3 Å². The number of hydrogen-bond acceptors (Lipinski definition) is 2. The second kappa shape index (κ2) is 3.79. The van der Waals surface area contributed by atoms with Crippen LogP contribution in [0.4, 0.5) is 10.5 Å². The summed E-state index contributed by atoms with van der Waals surface area (Å²) in [4.78, 5) is 13.4. The topological polar surface area (TPSA) is 32.3 Å². The van der Waals surface area contributed by atoms with Gasteiger partial charge in [-0.2, -0.15) is 11.3 Å². The lowest BCUT2D eigenvalue weighted by Crippen LogP contribution is -2.31. The van der Waals surface area contributed by atoms with Crippen LogP contribution in [0.25, 0.3) is 0 Å². The molecule has 0 unspecified atom stereocenters. The third-order valence-corrected chi connectivity index (χ3v) is 2.85. The molecule has 1 aromatic rings. The van der Waals surface area contributed by atoms with Crippen LogP contribution in [-0.4, -0.2) is 24.0 Å². The number of anilines is 1. The molecule has 1 aliphatic rings. The summed E-state index contributed by atoms with van der Waals surface area (Å²) >= 11 is 1.59. The number of likely N-dealkylation sites (tertiary alicyclic amines) is 1. The SMILES string of the molecule is O=C(Nc1ccsc1)N1CCCC1. The van der Waals surface area contributed by atoms with Crippen molar-refractivity contribution in [1.29, 1.82) is 0 Å². The number of hydrogen-bond donors (Lipinski definition) is 1. The zero-order chi connectivity index (χ0) is 9.10. The van der Waals surface area contributed by atoms with Crippen LogP contribution in [0.15, 0.2) is 16.8 Å². The molecular weight excluding hydrogens is 184 g/mol. The smallest absolute Gasteiger partial charge is 0.321 e. The average molecular weight is 196 g/mol. The molecule has 0 spiro atoms. The minimum absolute atomic E-state index is 0.0379. The van der Waals surface area contributed by atoms with Gasteiger partial charge in [-0.15, -0.1) is 0 Å². The zero-order valence-electron chi connectivity index (χ0n) is 7.32. The maximum absolute atomic E-state index is 11.5. The molecule has 4 heteroatoms. The maximum atomic E-state index is 11.5. The van der Waals surface area contributed by atoms with Gasteiger partial charge in [0, 0.05) is 18.5 Å². The highest BCUT2D eigenvalue weighted by molar-refractivity contribution is 7.08. The Bertz CT molecular complexity index is 278. The normalized spacial score (nSPS) is 16.2. The van der Waals surface area contributed by atoms with Gasteiger partial charge in [-0.1, -0.05) is 0 Å². The standard InChI is InChI=1S/C9H12N2OS/c12-9(11-4-1-2-5-11)10-8-3-6-13-7-8/h3,6-7H,1-2,4-5H2,(H,10,12). The quantitative estimate of drug-likeness (QED) is 0.734. The third kappa shape index (κ3) is 2.01. The van der Waals surface area contributed by atoms with E-state index in [-0.39, 0.29) is 6.03 Å². The Balaban J connectivity index is 1.91. The summed E-state index contributed by atoms with van der Waals surface area (Å²) in [6.45, 7) is 1.80. The van der Waals surface area contributed by atoms with Crippen molar-refractivity contribution >= 4 is 23.1 Å². The Labute approximate surface area is 81.4 Å². The Morgan fingerprint density at radius 2 is 2.23 bits per heavy atom. The summed E-state index contributed by atoms with van der Waals surface area (Å²) in [5.41, 5.74) is 0.905. The minimum Gasteiger partial charge on any atom is -0.325 e. The van der Waals surface area contributed by atoms with Crippen LogP contribution in [0, 0.1) is 0 Å². The average Bonchev–Trinajstić information content (AvgIpc) is 2.74. The highest BCUT2D eigenvalue weighted by Crippen LogP contribution is 2.14. The van der Waals surface area contributed by atoms with Crippen LogP contribution in [-0.2, 0) is 0 Å². The Morgan fingerprint density at radius 3 is 2.85 bits per heavy atom. The minimum atomic E-state index is 0.0379. The molecule has 0 bridgehead atoms. The van der Waals surface area contributed by atoms with Gasteiger partial charge in [-0.05, 0) is 24.3 Å². The van der Waals surface area contributed by atoms with E-state index >= 15 is 0 Å². The summed E-state index contributed by atoms with van der Waals surface area (Å²) in [6, 6.07) is 1.95. The van der Waals surface area contributed by atoms with Gasteiger partial charge < -0.3 is 10.2 Å². The van der Waals surface area contributed by atoms with Gasteiger partial charge in [-0.25, -0.2) is 4.79 Å². The van der Waals surface area contributed by atoms with E-state index < -0.39 is 0 Å². The van der Waals surface area contributed by atoms with Crippen LogP contribution in [0.2, 0.25) is 0 Å². The van der Waals surface area contributed by atoms with Gasteiger partial charge in [-0.3, -0.25) is 0 Å². The number of rotatable bonds is 1. The van der Waals surface area contributed by atoms with Crippen LogP contribution in [0.5, 0.6) is 0 Å². The van der Waals surface area contributed by atoms with Crippen LogP contribution < -0.4 is 5.32 Å². The predicted molar refractivity (Wildman–Crippen MR) is 54.1 cm³/mol. The van der Waals surface area contributed by atoms with Crippen molar-refractivity contribution in [3.63, 3.8) is 0 Å². The van der Waals surface area contributed by atoms with E-state index in [4.69, 9.17) is 0 Å². The molecule has 1 aromatic heterocycles. The number of nitrogens with zero attached hydrogens (tertiary/aromatic N) is 1. The first-order valence-electron chi connectivity index (χ1n) is 4.44. The molecule has 2 heterocycles. The molecule has 2 amide bonds. The van der Waals surface area contributed by atoms with E-state index in [0.29, 0.717) is 0 Å². The highest BCUT2D eigenvalue weighted by atomic mass is 32.1. The van der Waals surface area contributed by atoms with Crippen molar-refractivity contribution in [3.8, 4) is 0 Å². The van der Waals surface area contributed by atoms with Crippen molar-refractivity contribution in [2.45, 2.75) is 12.8 Å². The molecule has 1 saturated heterocycles. The molecule has 1 fully saturated rings. The van der Waals surface area contributed by atoms with E-state index in [1.54, 1.807) is 11.3 Å². The first-order valence-corrected chi connectivity index (χ1v) is 5.39. The van der Waals surface area contributed by atoms with Gasteiger partial charge in [0.05, 0.1) is 5.69 Å². The fourth-order valence-corrected chi connectivity index (χ4v) is 2.05. The van der Waals surface area contributed by atoms with Crippen molar-refractivity contribution in [2.75, 3.05) is 18.4 Å². The molecular formula is C9H12N2OS. The molecule has 2 rings (SSSR count). The lowest BCUT2D eigenvalue weighted by Gasteiger charge is -2.15. The Morgan fingerprint density at radius 1 is 1.46 bits per heavy atom. The summed E-state index contributed by atoms with van der Waals surface area (Å²) in [7, 11) is 0. The van der Waals surface area contributed by atoms with Crippen LogP contribution in [0.3, 0.4) is 0 Å². The summed E-state index contributed by atoms with van der Waals surface area (Å²) in [5.74, 6) is 0. The number of carbonyl (C=O) groups is 1. The predicted octanol–water partition coefficient (Wildman–Crippen LogP) is 2.38. The molecule has 13 heavy (non-hydrogen) atoms. The lowest BCUT2D eigenvalue weighted by molar-refractivity contribution is 0.222. The summed E-state index contributed by atoms with van der Waals surface area (Å²) < 4.78 is 0. The number of urea groups is 1. The van der Waals surface area contributed by atoms with Gasteiger partial charge in [0.15, 0.2) is 0 Å². The monoisotopic (exact) mass is 196 g/mol. The van der Waals surface area contributed by atoms with E-state index in [9.17, 15) is 4.79 Å². The number of amides is 2. The van der Waals surface area contributed by atoms with E-state index in [1.165, 1.54) is 0 Å². The maximum Gasteiger partial charge on any atom is 0.321 e. The highest BCUT2D eigenvalue weighted by Gasteiger charge is 2.17. The fourth-order valence-electron chi connectivity index (χ4n) is 1.46.